The topological polar surface area (TPSA) is 70.2 Å². The molecule has 0 aromatic heterocycles. The lowest BCUT2D eigenvalue weighted by atomic mass is 9.87. The van der Waals surface area contributed by atoms with Crippen molar-refractivity contribution in [1.29, 1.82) is 0 Å². The van der Waals surface area contributed by atoms with Crippen molar-refractivity contribution in [3.63, 3.8) is 0 Å². The number of carbonyl (C=O) groups excluding carboxylic acids is 2. The monoisotopic (exact) mass is 349 g/mol. The van der Waals surface area contributed by atoms with Gasteiger partial charge < -0.3 is 5.32 Å². The highest BCUT2D eigenvalue weighted by atomic mass is 32.1. The van der Waals surface area contributed by atoms with E-state index in [1.165, 1.54) is 0 Å². The number of amides is 2. The van der Waals surface area contributed by atoms with E-state index in [0.29, 0.717) is 12.0 Å². The Morgan fingerprint density at radius 3 is 2.21 bits per heavy atom. The molecule has 0 heterocycles. The summed E-state index contributed by atoms with van der Waals surface area (Å²) >= 11 is 4.99. The highest BCUT2D eigenvalue weighted by molar-refractivity contribution is 7.80. The summed E-state index contributed by atoms with van der Waals surface area (Å²) in [5.41, 5.74) is 6.75. The van der Waals surface area contributed by atoms with Gasteiger partial charge in [-0.3, -0.25) is 20.4 Å². The van der Waals surface area contributed by atoms with Crippen molar-refractivity contribution < 1.29 is 9.59 Å². The van der Waals surface area contributed by atoms with Crippen molar-refractivity contribution in [3.8, 4) is 0 Å². The summed E-state index contributed by atoms with van der Waals surface area (Å²) in [5, 5.41) is 2.63. The molecule has 24 heavy (non-hydrogen) atoms. The fourth-order valence-electron chi connectivity index (χ4n) is 2.06. The summed E-state index contributed by atoms with van der Waals surface area (Å²) < 4.78 is 0. The minimum Gasteiger partial charge on any atom is -0.302 e. The Balaban J connectivity index is 2.42. The SMILES string of the molecule is CCCCCC(=O)NC(=S)NNC(=O)c1ccc(C(C)(C)C)cc1. The lowest BCUT2D eigenvalue weighted by Gasteiger charge is -2.19. The number of hydrogen-bond acceptors (Lipinski definition) is 3. The van der Waals surface area contributed by atoms with Gasteiger partial charge in [-0.15, -0.1) is 0 Å². The average Bonchev–Trinajstić information content (AvgIpc) is 2.52. The maximum absolute atomic E-state index is 12.1. The van der Waals surface area contributed by atoms with Gasteiger partial charge in [-0.05, 0) is 41.7 Å². The van der Waals surface area contributed by atoms with Crippen molar-refractivity contribution in [2.24, 2.45) is 0 Å². The van der Waals surface area contributed by atoms with E-state index in [1.807, 2.05) is 12.1 Å². The Morgan fingerprint density at radius 1 is 1.04 bits per heavy atom. The fourth-order valence-corrected chi connectivity index (χ4v) is 2.23. The second kappa shape index (κ2) is 9.37. The molecule has 0 spiro atoms. The van der Waals surface area contributed by atoms with Gasteiger partial charge in [0.1, 0.15) is 0 Å². The highest BCUT2D eigenvalue weighted by Gasteiger charge is 2.14. The van der Waals surface area contributed by atoms with Gasteiger partial charge >= 0.3 is 0 Å². The van der Waals surface area contributed by atoms with Gasteiger partial charge in [0.2, 0.25) is 5.91 Å². The van der Waals surface area contributed by atoms with Crippen molar-refractivity contribution in [2.45, 2.75) is 58.8 Å². The molecule has 0 unspecified atom stereocenters. The van der Waals surface area contributed by atoms with Crippen LogP contribution in [0.15, 0.2) is 24.3 Å². The molecule has 0 aliphatic heterocycles. The molecule has 0 fully saturated rings. The van der Waals surface area contributed by atoms with E-state index in [0.717, 1.165) is 24.8 Å². The third-order valence-electron chi connectivity index (χ3n) is 3.56. The number of nitrogens with one attached hydrogen (secondary N) is 3. The summed E-state index contributed by atoms with van der Waals surface area (Å²) in [6.45, 7) is 8.43. The summed E-state index contributed by atoms with van der Waals surface area (Å²) in [7, 11) is 0. The smallest absolute Gasteiger partial charge is 0.269 e. The van der Waals surface area contributed by atoms with Gasteiger partial charge in [0, 0.05) is 12.0 Å². The van der Waals surface area contributed by atoms with Gasteiger partial charge in [-0.25, -0.2) is 0 Å². The van der Waals surface area contributed by atoms with Crippen LogP contribution in [0.1, 0.15) is 69.3 Å². The van der Waals surface area contributed by atoms with E-state index in [1.54, 1.807) is 12.1 Å². The maximum Gasteiger partial charge on any atom is 0.269 e. The van der Waals surface area contributed by atoms with E-state index in [2.05, 4.69) is 43.9 Å². The van der Waals surface area contributed by atoms with E-state index < -0.39 is 0 Å². The molecule has 3 N–H and O–H groups in total. The molecule has 0 radical (unpaired) electrons. The molecule has 6 heteroatoms. The molecule has 1 aromatic carbocycles. The molecular formula is C18H27N3O2S. The van der Waals surface area contributed by atoms with Crippen LogP contribution in [-0.2, 0) is 10.2 Å². The minimum atomic E-state index is -0.307. The summed E-state index contributed by atoms with van der Waals surface area (Å²) in [5.74, 6) is -0.456. The van der Waals surface area contributed by atoms with Crippen LogP contribution >= 0.6 is 12.2 Å². The first-order valence-corrected chi connectivity index (χ1v) is 8.65. The van der Waals surface area contributed by atoms with Crippen molar-refractivity contribution in [3.05, 3.63) is 35.4 Å². The Morgan fingerprint density at radius 2 is 1.67 bits per heavy atom. The number of thiocarbonyl (C=S) groups is 1. The van der Waals surface area contributed by atoms with Crippen molar-refractivity contribution in [1.82, 2.24) is 16.2 Å². The molecule has 0 aliphatic carbocycles. The Kier molecular flexibility index (Phi) is 7.85. The Labute approximate surface area is 149 Å². The van der Waals surface area contributed by atoms with Crippen LogP contribution in [0.3, 0.4) is 0 Å². The third-order valence-corrected chi connectivity index (χ3v) is 3.77. The molecule has 0 aliphatic rings. The van der Waals surface area contributed by atoms with E-state index in [-0.39, 0.29) is 22.3 Å². The third kappa shape index (κ3) is 7.08. The minimum absolute atomic E-state index is 0.0386. The second-order valence-electron chi connectivity index (χ2n) is 6.74. The predicted molar refractivity (Wildman–Crippen MR) is 101 cm³/mol. The van der Waals surface area contributed by atoms with Gasteiger partial charge in [-0.1, -0.05) is 52.7 Å². The van der Waals surface area contributed by atoms with Crippen LogP contribution in [0.5, 0.6) is 0 Å². The van der Waals surface area contributed by atoms with Crippen LogP contribution in [0, 0.1) is 0 Å². The maximum atomic E-state index is 12.1. The lowest BCUT2D eigenvalue weighted by molar-refractivity contribution is -0.119. The second-order valence-corrected chi connectivity index (χ2v) is 7.15. The predicted octanol–water partition coefficient (Wildman–Crippen LogP) is 3.20. The fraction of sp³-hybridized carbons (Fsp3) is 0.500. The van der Waals surface area contributed by atoms with E-state index in [4.69, 9.17) is 12.2 Å². The van der Waals surface area contributed by atoms with Crippen LogP contribution in [-0.4, -0.2) is 16.9 Å². The number of benzene rings is 1. The molecule has 2 amide bonds. The lowest BCUT2D eigenvalue weighted by Crippen LogP contribution is -2.48. The highest BCUT2D eigenvalue weighted by Crippen LogP contribution is 2.22. The van der Waals surface area contributed by atoms with Crippen molar-refractivity contribution >= 4 is 29.1 Å². The quantitative estimate of drug-likeness (QED) is 0.434. The summed E-state index contributed by atoms with van der Waals surface area (Å²) in [6, 6.07) is 7.40. The number of hydrogen-bond donors (Lipinski definition) is 3. The molecule has 132 valence electrons. The van der Waals surface area contributed by atoms with Crippen LogP contribution in [0.25, 0.3) is 0 Å². The Hall–Kier alpha value is -1.95. The molecule has 0 bridgehead atoms. The largest absolute Gasteiger partial charge is 0.302 e. The van der Waals surface area contributed by atoms with Gasteiger partial charge in [-0.2, -0.15) is 0 Å². The first-order valence-electron chi connectivity index (χ1n) is 8.24. The number of hydrazine groups is 1. The summed E-state index contributed by atoms with van der Waals surface area (Å²) in [4.78, 5) is 23.7. The van der Waals surface area contributed by atoms with Crippen LogP contribution in [0.4, 0.5) is 0 Å². The van der Waals surface area contributed by atoms with Gasteiger partial charge in [0.05, 0.1) is 0 Å². The summed E-state index contributed by atoms with van der Waals surface area (Å²) in [6.07, 6.45) is 3.32. The van der Waals surface area contributed by atoms with Crippen molar-refractivity contribution in [2.75, 3.05) is 0 Å². The first-order chi connectivity index (χ1) is 11.2. The van der Waals surface area contributed by atoms with Gasteiger partial charge in [0.25, 0.3) is 5.91 Å². The molecule has 0 atom stereocenters. The molecular weight excluding hydrogens is 322 g/mol. The normalized spacial score (nSPS) is 10.8. The average molecular weight is 350 g/mol. The number of carbonyl (C=O) groups is 2. The molecule has 1 aromatic rings. The van der Waals surface area contributed by atoms with Gasteiger partial charge in [0.15, 0.2) is 5.11 Å². The molecule has 1 rings (SSSR count). The van der Waals surface area contributed by atoms with E-state index in [9.17, 15) is 9.59 Å². The zero-order chi connectivity index (χ0) is 18.2. The standard InChI is InChI=1S/C18H27N3O2S/c1-5-6-7-8-15(22)19-17(24)21-20-16(23)13-9-11-14(12-10-13)18(2,3)4/h9-12H,5-8H2,1-4H3,(H,20,23)(H2,19,21,22,24). The number of unbranched alkanes of at least 4 members (excludes halogenated alkanes) is 2. The Bertz CT molecular complexity index is 577. The first kappa shape index (κ1) is 20.1. The van der Waals surface area contributed by atoms with Crippen LogP contribution in [0.2, 0.25) is 0 Å². The van der Waals surface area contributed by atoms with E-state index >= 15 is 0 Å². The molecule has 0 saturated heterocycles. The molecule has 0 saturated carbocycles. The molecule has 5 nitrogen and oxygen atoms in total. The number of rotatable bonds is 5. The zero-order valence-electron chi connectivity index (χ0n) is 14.9. The van der Waals surface area contributed by atoms with Crippen LogP contribution < -0.4 is 16.2 Å². The zero-order valence-corrected chi connectivity index (χ0v) is 15.7.